The predicted octanol–water partition coefficient (Wildman–Crippen LogP) is 2.28. The topological polar surface area (TPSA) is 66.4 Å². The van der Waals surface area contributed by atoms with Gasteiger partial charge >= 0.3 is 0 Å². The molecular weight excluding hydrogens is 286 g/mol. The van der Waals surface area contributed by atoms with Gasteiger partial charge in [0.2, 0.25) is 10.0 Å². The maximum Gasteiger partial charge on any atom is 0.241 e. The summed E-state index contributed by atoms with van der Waals surface area (Å²) in [7, 11) is -3.56. The number of hydrogen-bond donors (Lipinski definition) is 2. The molecule has 1 aliphatic rings. The Morgan fingerprint density at radius 1 is 1.10 bits per heavy atom. The van der Waals surface area contributed by atoms with Crippen LogP contribution in [0.15, 0.2) is 47.4 Å². The molecule has 21 heavy (non-hydrogen) atoms. The number of fused-ring (bicyclic) bond motifs is 1. The minimum absolute atomic E-state index is 0.0229. The number of aliphatic hydroxyl groups excluding tert-OH is 1. The molecule has 0 bridgehead atoms. The molecule has 0 heterocycles. The van der Waals surface area contributed by atoms with Crippen LogP contribution in [0.5, 0.6) is 0 Å². The Morgan fingerprint density at radius 2 is 1.86 bits per heavy atom. The Hall–Kier alpha value is -1.43. The Balaban J connectivity index is 1.86. The molecule has 0 radical (unpaired) electrons. The number of nitrogens with one attached hydrogen (secondary N) is 1. The van der Waals surface area contributed by atoms with Gasteiger partial charge in [0.15, 0.2) is 0 Å². The highest BCUT2D eigenvalue weighted by Crippen LogP contribution is 2.26. The van der Waals surface area contributed by atoms with E-state index in [2.05, 4.69) is 4.72 Å². The van der Waals surface area contributed by atoms with E-state index >= 15 is 0 Å². The second-order valence-corrected chi connectivity index (χ2v) is 7.32. The van der Waals surface area contributed by atoms with Crippen LogP contribution in [0.4, 0.5) is 0 Å². The highest BCUT2D eigenvalue weighted by molar-refractivity contribution is 7.89. The lowest BCUT2D eigenvalue weighted by atomic mass is 10.1. The number of rotatable bonds is 4. The summed E-state index contributed by atoms with van der Waals surface area (Å²) >= 11 is 0. The van der Waals surface area contributed by atoms with E-state index in [1.54, 1.807) is 12.1 Å². The third-order valence-electron chi connectivity index (χ3n) is 4.19. The number of sulfonamides is 1. The second-order valence-electron chi connectivity index (χ2n) is 5.59. The monoisotopic (exact) mass is 305 g/mol. The van der Waals surface area contributed by atoms with Crippen LogP contribution in [-0.4, -0.2) is 26.2 Å². The summed E-state index contributed by atoms with van der Waals surface area (Å²) in [5.74, 6) is 0.0229. The van der Waals surface area contributed by atoms with E-state index in [0.717, 1.165) is 30.0 Å². The number of hydrogen-bond acceptors (Lipinski definition) is 3. The van der Waals surface area contributed by atoms with Crippen molar-refractivity contribution in [3.8, 4) is 0 Å². The van der Waals surface area contributed by atoms with Gasteiger partial charge in [0, 0.05) is 11.9 Å². The first kappa shape index (κ1) is 14.5. The summed E-state index contributed by atoms with van der Waals surface area (Å²) in [5, 5.41) is 11.4. The maximum absolute atomic E-state index is 12.5. The van der Waals surface area contributed by atoms with Crippen LogP contribution in [0.2, 0.25) is 0 Å². The Kier molecular flexibility index (Phi) is 3.97. The lowest BCUT2D eigenvalue weighted by Crippen LogP contribution is -2.32. The molecule has 0 aromatic heterocycles. The average molecular weight is 305 g/mol. The fourth-order valence-corrected chi connectivity index (χ4v) is 4.30. The predicted molar refractivity (Wildman–Crippen MR) is 82.5 cm³/mol. The number of benzene rings is 2. The third kappa shape index (κ3) is 2.95. The molecule has 0 spiro atoms. The van der Waals surface area contributed by atoms with Crippen molar-refractivity contribution in [3.05, 3.63) is 42.5 Å². The van der Waals surface area contributed by atoms with Crippen LogP contribution in [0.1, 0.15) is 19.3 Å². The SMILES string of the molecule is O=S(=O)(NCC1CCCC1O)c1cccc2ccccc12. The Morgan fingerprint density at radius 3 is 2.62 bits per heavy atom. The van der Waals surface area contributed by atoms with Crippen molar-refractivity contribution in [1.29, 1.82) is 0 Å². The van der Waals surface area contributed by atoms with Crippen LogP contribution in [0.25, 0.3) is 10.8 Å². The van der Waals surface area contributed by atoms with E-state index in [-0.39, 0.29) is 12.0 Å². The van der Waals surface area contributed by atoms with E-state index in [9.17, 15) is 13.5 Å². The van der Waals surface area contributed by atoms with E-state index in [4.69, 9.17) is 0 Å². The Labute approximate surface area is 124 Å². The summed E-state index contributed by atoms with van der Waals surface area (Å²) in [6, 6.07) is 12.7. The molecule has 5 heteroatoms. The quantitative estimate of drug-likeness (QED) is 0.910. The molecule has 0 aliphatic heterocycles. The summed E-state index contributed by atoms with van der Waals surface area (Å²) in [4.78, 5) is 0.299. The van der Waals surface area contributed by atoms with Crippen molar-refractivity contribution in [1.82, 2.24) is 4.72 Å². The molecule has 112 valence electrons. The summed E-state index contributed by atoms with van der Waals surface area (Å²) < 4.78 is 27.7. The van der Waals surface area contributed by atoms with Gasteiger partial charge in [-0.05, 0) is 30.2 Å². The van der Waals surface area contributed by atoms with Crippen molar-refractivity contribution in [2.45, 2.75) is 30.3 Å². The van der Waals surface area contributed by atoms with Gasteiger partial charge in [-0.3, -0.25) is 0 Å². The fraction of sp³-hybridized carbons (Fsp3) is 0.375. The van der Waals surface area contributed by atoms with Gasteiger partial charge in [0.1, 0.15) is 0 Å². The van der Waals surface area contributed by atoms with Crippen molar-refractivity contribution < 1.29 is 13.5 Å². The summed E-state index contributed by atoms with van der Waals surface area (Å²) in [6.45, 7) is 0.298. The van der Waals surface area contributed by atoms with Crippen molar-refractivity contribution in [2.24, 2.45) is 5.92 Å². The molecule has 0 amide bonds. The lowest BCUT2D eigenvalue weighted by Gasteiger charge is -2.16. The third-order valence-corrected chi connectivity index (χ3v) is 5.68. The molecule has 0 saturated heterocycles. The van der Waals surface area contributed by atoms with Crippen molar-refractivity contribution in [2.75, 3.05) is 6.54 Å². The van der Waals surface area contributed by atoms with Crippen LogP contribution >= 0.6 is 0 Å². The molecule has 1 saturated carbocycles. The molecule has 2 aromatic rings. The molecule has 1 fully saturated rings. The van der Waals surface area contributed by atoms with Gasteiger partial charge in [-0.15, -0.1) is 0 Å². The van der Waals surface area contributed by atoms with Gasteiger partial charge in [-0.2, -0.15) is 0 Å². The zero-order valence-electron chi connectivity index (χ0n) is 11.7. The minimum Gasteiger partial charge on any atom is -0.393 e. The first-order valence-electron chi connectivity index (χ1n) is 7.23. The molecule has 2 N–H and O–H groups in total. The van der Waals surface area contributed by atoms with Gasteiger partial charge in [-0.1, -0.05) is 42.8 Å². The zero-order chi connectivity index (χ0) is 14.9. The van der Waals surface area contributed by atoms with Crippen LogP contribution in [0.3, 0.4) is 0 Å². The van der Waals surface area contributed by atoms with Crippen molar-refractivity contribution >= 4 is 20.8 Å². The number of aliphatic hydroxyl groups is 1. The molecule has 3 rings (SSSR count). The van der Waals surface area contributed by atoms with Crippen molar-refractivity contribution in [3.63, 3.8) is 0 Å². The van der Waals surface area contributed by atoms with Gasteiger partial charge in [0.05, 0.1) is 11.0 Å². The second kappa shape index (κ2) is 5.75. The van der Waals surface area contributed by atoms with E-state index in [0.29, 0.717) is 11.4 Å². The molecule has 2 unspecified atom stereocenters. The normalized spacial score (nSPS) is 22.7. The molecule has 2 atom stereocenters. The molecular formula is C16H19NO3S. The first-order valence-corrected chi connectivity index (χ1v) is 8.72. The fourth-order valence-electron chi connectivity index (χ4n) is 2.98. The van der Waals surface area contributed by atoms with E-state index < -0.39 is 10.0 Å². The van der Waals surface area contributed by atoms with E-state index in [1.165, 1.54) is 0 Å². The largest absolute Gasteiger partial charge is 0.393 e. The highest BCUT2D eigenvalue weighted by atomic mass is 32.2. The first-order chi connectivity index (χ1) is 10.1. The summed E-state index contributed by atoms with van der Waals surface area (Å²) in [5.41, 5.74) is 0. The van der Waals surface area contributed by atoms with Crippen LogP contribution in [0, 0.1) is 5.92 Å². The zero-order valence-corrected chi connectivity index (χ0v) is 12.5. The molecule has 4 nitrogen and oxygen atoms in total. The van der Waals surface area contributed by atoms with Gasteiger partial charge < -0.3 is 5.11 Å². The minimum atomic E-state index is -3.56. The molecule has 1 aliphatic carbocycles. The van der Waals surface area contributed by atoms with Crippen LogP contribution < -0.4 is 4.72 Å². The summed E-state index contributed by atoms with van der Waals surface area (Å²) in [6.07, 6.45) is 2.21. The van der Waals surface area contributed by atoms with E-state index in [1.807, 2.05) is 30.3 Å². The molecule has 2 aromatic carbocycles. The van der Waals surface area contributed by atoms with Crippen LogP contribution in [-0.2, 0) is 10.0 Å². The standard InChI is InChI=1S/C16H19NO3S/c18-15-9-3-7-13(15)11-17-21(19,20)16-10-4-6-12-5-1-2-8-14(12)16/h1-2,4-6,8,10,13,15,17-18H,3,7,9,11H2. The maximum atomic E-state index is 12.5. The Bertz CT molecular complexity index is 737. The highest BCUT2D eigenvalue weighted by Gasteiger charge is 2.27. The average Bonchev–Trinajstić information content (AvgIpc) is 2.90. The lowest BCUT2D eigenvalue weighted by molar-refractivity contribution is 0.134. The van der Waals surface area contributed by atoms with Gasteiger partial charge in [-0.25, -0.2) is 13.1 Å². The van der Waals surface area contributed by atoms with Gasteiger partial charge in [0.25, 0.3) is 0 Å². The smallest absolute Gasteiger partial charge is 0.241 e.